The normalized spacial score (nSPS) is 12.8. The number of hydrogen-bond donors (Lipinski definition) is 1. The summed E-state index contributed by atoms with van der Waals surface area (Å²) in [5, 5.41) is 0. The molecule has 0 aromatic heterocycles. The highest BCUT2D eigenvalue weighted by atomic mass is 32.2. The average molecular weight is 156 g/mol. The van der Waals surface area contributed by atoms with Crippen LogP contribution in [0.2, 0.25) is 0 Å². The Morgan fingerprint density at radius 1 is 1.38 bits per heavy atom. The fourth-order valence-corrected chi connectivity index (χ4v) is 0.524. The minimum Gasteiger partial charge on any atom is -0.302 e. The first-order chi connectivity index (χ1) is 3.55. The first-order valence-electron chi connectivity index (χ1n) is 1.59. The topological polar surface area (TPSA) is 71.4 Å². The molecule has 0 rings (SSSR count). The fourth-order valence-electron chi connectivity index (χ4n) is 0.0582. The van der Waals surface area contributed by atoms with Gasteiger partial charge < -0.3 is 4.55 Å². The van der Waals surface area contributed by atoms with Gasteiger partial charge in [-0.2, -0.15) is 8.42 Å². The Labute approximate surface area is 50.3 Å². The summed E-state index contributed by atoms with van der Waals surface area (Å²) in [6.07, 6.45) is 0. The predicted molar refractivity (Wildman–Crippen MR) is 30.4 cm³/mol. The second-order valence-corrected chi connectivity index (χ2v) is 3.43. The van der Waals surface area contributed by atoms with E-state index in [2.05, 4.69) is 0 Å². The van der Waals surface area contributed by atoms with Crippen LogP contribution in [0.15, 0.2) is 0 Å². The van der Waals surface area contributed by atoms with Crippen LogP contribution in [0.25, 0.3) is 0 Å². The maximum atomic E-state index is 9.82. The fraction of sp³-hybridized carbons (Fsp3) is 0.500. The Morgan fingerprint density at radius 3 is 1.75 bits per heavy atom. The van der Waals surface area contributed by atoms with Crippen molar-refractivity contribution in [2.24, 2.45) is 0 Å². The highest BCUT2D eigenvalue weighted by Crippen LogP contribution is 1.74. The van der Waals surface area contributed by atoms with Crippen LogP contribution in [0.5, 0.6) is 0 Å². The molecule has 8 heavy (non-hydrogen) atoms. The third kappa shape index (κ3) is 2.20. The van der Waals surface area contributed by atoms with E-state index in [1.807, 2.05) is 0 Å². The molecule has 0 spiro atoms. The third-order valence-corrected chi connectivity index (χ3v) is 2.28. The van der Waals surface area contributed by atoms with Crippen molar-refractivity contribution in [3.05, 3.63) is 0 Å². The molecule has 6 heteroatoms. The van der Waals surface area contributed by atoms with Crippen LogP contribution in [-0.4, -0.2) is 21.4 Å². The Morgan fingerprint density at radius 2 is 1.75 bits per heavy atom. The largest absolute Gasteiger partial charge is 0.302 e. The van der Waals surface area contributed by atoms with E-state index in [0.717, 1.165) is 6.92 Å². The molecule has 0 saturated heterocycles. The second-order valence-electron chi connectivity index (χ2n) is 0.975. The van der Waals surface area contributed by atoms with Crippen LogP contribution in [0.1, 0.15) is 6.92 Å². The van der Waals surface area contributed by atoms with E-state index in [9.17, 15) is 12.6 Å². The highest BCUT2D eigenvalue weighted by Gasteiger charge is 1.97. The van der Waals surface area contributed by atoms with Gasteiger partial charge >= 0.3 is 0 Å². The Hall–Kier alpha value is -0.200. The standard InChI is InChI=1S/C2H4O4S2/c1-2(7(3)4)8(5)6/h1H3,(H,3,4). The molecule has 1 unspecified atom stereocenters. The van der Waals surface area contributed by atoms with Crippen molar-refractivity contribution in [3.8, 4) is 0 Å². The molecule has 4 nitrogen and oxygen atoms in total. The van der Waals surface area contributed by atoms with Gasteiger partial charge in [-0.15, -0.1) is 0 Å². The van der Waals surface area contributed by atoms with Crippen LogP contribution in [0.4, 0.5) is 0 Å². The van der Waals surface area contributed by atoms with Crippen LogP contribution >= 0.6 is 0 Å². The SMILES string of the molecule is CC(S(=O)O)=S(=O)=O. The second kappa shape index (κ2) is 2.95. The molecule has 0 aliphatic heterocycles. The zero-order chi connectivity index (χ0) is 6.73. The van der Waals surface area contributed by atoms with E-state index >= 15 is 0 Å². The van der Waals surface area contributed by atoms with Crippen LogP contribution in [0, 0.1) is 0 Å². The number of rotatable bonds is 0. The maximum Gasteiger partial charge on any atom is 0.228 e. The monoisotopic (exact) mass is 156 g/mol. The molecule has 0 aliphatic rings. The molecule has 0 saturated carbocycles. The Bertz CT molecular complexity index is 214. The summed E-state index contributed by atoms with van der Waals surface area (Å²) in [6.45, 7) is 1.07. The molecule has 0 fully saturated rings. The van der Waals surface area contributed by atoms with E-state index < -0.39 is 25.6 Å². The van der Waals surface area contributed by atoms with Gasteiger partial charge in [-0.1, -0.05) is 0 Å². The van der Waals surface area contributed by atoms with Gasteiger partial charge in [0.05, 0.1) is 0 Å². The van der Waals surface area contributed by atoms with Crippen molar-refractivity contribution in [1.82, 2.24) is 0 Å². The van der Waals surface area contributed by atoms with Crippen LogP contribution < -0.4 is 0 Å². The lowest BCUT2D eigenvalue weighted by Gasteiger charge is -1.78. The van der Waals surface area contributed by atoms with Crippen molar-refractivity contribution < 1.29 is 17.2 Å². The average Bonchev–Trinajstić information content (AvgIpc) is 1.64. The zero-order valence-corrected chi connectivity index (χ0v) is 5.62. The van der Waals surface area contributed by atoms with E-state index in [4.69, 9.17) is 4.55 Å². The van der Waals surface area contributed by atoms with Crippen molar-refractivity contribution in [2.75, 3.05) is 0 Å². The van der Waals surface area contributed by atoms with Gasteiger partial charge in [0.1, 0.15) is 0 Å². The Balaban J connectivity index is 4.78. The highest BCUT2D eigenvalue weighted by molar-refractivity contribution is 8.07. The molecule has 0 amide bonds. The van der Waals surface area contributed by atoms with E-state index in [1.165, 1.54) is 0 Å². The molecular weight excluding hydrogens is 152 g/mol. The first kappa shape index (κ1) is 7.80. The van der Waals surface area contributed by atoms with Crippen molar-refractivity contribution in [3.63, 3.8) is 0 Å². The van der Waals surface area contributed by atoms with E-state index in [0.29, 0.717) is 0 Å². The summed E-state index contributed by atoms with van der Waals surface area (Å²) in [4.78, 5) is 0. The van der Waals surface area contributed by atoms with Gasteiger partial charge in [0.15, 0.2) is 15.3 Å². The van der Waals surface area contributed by atoms with Gasteiger partial charge in [-0.25, -0.2) is 4.21 Å². The summed E-state index contributed by atoms with van der Waals surface area (Å²) >= 11 is -2.34. The summed E-state index contributed by atoms with van der Waals surface area (Å²) in [5.41, 5.74) is 0. The van der Waals surface area contributed by atoms with Crippen LogP contribution in [0.3, 0.4) is 0 Å². The lowest BCUT2D eigenvalue weighted by atomic mass is 11.0. The van der Waals surface area contributed by atoms with Crippen molar-refractivity contribution >= 4 is 25.6 Å². The smallest absolute Gasteiger partial charge is 0.228 e. The molecule has 1 atom stereocenters. The third-order valence-electron chi connectivity index (χ3n) is 0.481. The Kier molecular flexibility index (Phi) is 2.88. The van der Waals surface area contributed by atoms with Gasteiger partial charge in [0, 0.05) is 0 Å². The predicted octanol–water partition coefficient (Wildman–Crippen LogP) is -0.763. The zero-order valence-electron chi connectivity index (χ0n) is 3.99. The van der Waals surface area contributed by atoms with Gasteiger partial charge in [0.25, 0.3) is 0 Å². The minimum absolute atomic E-state index is 0.454. The quantitative estimate of drug-likeness (QED) is 0.369. The van der Waals surface area contributed by atoms with Gasteiger partial charge in [-0.3, -0.25) is 0 Å². The van der Waals surface area contributed by atoms with E-state index in [1.54, 1.807) is 0 Å². The van der Waals surface area contributed by atoms with Gasteiger partial charge in [0.2, 0.25) is 10.3 Å². The lowest BCUT2D eigenvalue weighted by molar-refractivity contribution is 0.577. The summed E-state index contributed by atoms with van der Waals surface area (Å²) in [5.74, 6) is 0. The molecular formula is C2H4O4S2. The molecule has 48 valence electrons. The molecule has 0 radical (unpaired) electrons. The number of hydrogen-bond acceptors (Lipinski definition) is 3. The van der Waals surface area contributed by atoms with Crippen molar-refractivity contribution in [1.29, 1.82) is 0 Å². The first-order valence-corrected chi connectivity index (χ1v) is 3.77. The summed E-state index contributed by atoms with van der Waals surface area (Å²) in [6, 6.07) is 0. The van der Waals surface area contributed by atoms with Crippen molar-refractivity contribution in [2.45, 2.75) is 6.92 Å². The van der Waals surface area contributed by atoms with E-state index in [-0.39, 0.29) is 0 Å². The molecule has 0 aliphatic carbocycles. The molecule has 0 bridgehead atoms. The molecule has 0 aromatic carbocycles. The lowest BCUT2D eigenvalue weighted by Crippen LogP contribution is -2.00. The molecule has 0 heterocycles. The minimum atomic E-state index is -2.52. The maximum absolute atomic E-state index is 9.82. The van der Waals surface area contributed by atoms with Crippen LogP contribution in [-0.2, 0) is 21.4 Å². The van der Waals surface area contributed by atoms with Gasteiger partial charge in [-0.05, 0) is 6.92 Å². The molecule has 1 N–H and O–H groups in total. The molecule has 0 aromatic rings. The summed E-state index contributed by atoms with van der Waals surface area (Å²) < 4.78 is 36.9. The summed E-state index contributed by atoms with van der Waals surface area (Å²) in [7, 11) is -2.52.